The highest BCUT2D eigenvalue weighted by molar-refractivity contribution is 6.34. The van der Waals surface area contributed by atoms with Crippen LogP contribution in [0.1, 0.15) is 5.56 Å². The van der Waals surface area contributed by atoms with Gasteiger partial charge in [-0.15, -0.1) is 0 Å². The van der Waals surface area contributed by atoms with E-state index < -0.39 is 11.8 Å². The predicted octanol–water partition coefficient (Wildman–Crippen LogP) is 3.17. The lowest BCUT2D eigenvalue weighted by Crippen LogP contribution is -2.02. The van der Waals surface area contributed by atoms with Gasteiger partial charge in [0.1, 0.15) is 5.82 Å². The summed E-state index contributed by atoms with van der Waals surface area (Å²) in [7, 11) is 0. The van der Waals surface area contributed by atoms with Crippen LogP contribution < -0.4 is 0 Å². The molecule has 1 aromatic heterocycles. The van der Waals surface area contributed by atoms with Crippen LogP contribution >= 0.6 is 11.6 Å². The fourth-order valence-electron chi connectivity index (χ4n) is 1.62. The monoisotopic (exact) mass is 265 g/mol. The van der Waals surface area contributed by atoms with E-state index in [9.17, 15) is 9.18 Å². The minimum absolute atomic E-state index is 0.171. The molecule has 0 spiro atoms. The molecule has 0 saturated heterocycles. The zero-order valence-electron chi connectivity index (χ0n) is 9.23. The molecule has 0 bridgehead atoms. The number of hydrogen-bond donors (Lipinski definition) is 1. The predicted molar refractivity (Wildman–Crippen MR) is 66.0 cm³/mol. The molecule has 0 fully saturated rings. The van der Waals surface area contributed by atoms with Gasteiger partial charge in [0.2, 0.25) is 0 Å². The van der Waals surface area contributed by atoms with E-state index in [1.165, 1.54) is 18.3 Å². The normalized spacial score (nSPS) is 10.3. The molecule has 0 aliphatic heterocycles. The standard InChI is InChI=1S/C13H9ClFNO2/c14-12-8(7-11(17)18)5-6-16-13(12)9-3-1-2-4-10(9)15/h1-6H,7H2,(H,17,18). The first kappa shape index (κ1) is 12.5. The fourth-order valence-corrected chi connectivity index (χ4v) is 1.90. The van der Waals surface area contributed by atoms with Crippen molar-refractivity contribution in [2.75, 3.05) is 0 Å². The summed E-state index contributed by atoms with van der Waals surface area (Å²) in [5.41, 5.74) is 0.931. The van der Waals surface area contributed by atoms with Crippen LogP contribution in [0.4, 0.5) is 4.39 Å². The Morgan fingerprint density at radius 1 is 1.33 bits per heavy atom. The average Bonchev–Trinajstić information content (AvgIpc) is 2.32. The van der Waals surface area contributed by atoms with Gasteiger partial charge in [-0.1, -0.05) is 23.7 Å². The molecule has 1 N–H and O–H groups in total. The quantitative estimate of drug-likeness (QED) is 0.927. The maximum atomic E-state index is 13.6. The Bertz CT molecular complexity index is 601. The molecular formula is C13H9ClFNO2. The Labute approximate surface area is 108 Å². The minimum atomic E-state index is -0.998. The van der Waals surface area contributed by atoms with Crippen LogP contribution in [0, 0.1) is 5.82 Å². The molecule has 0 atom stereocenters. The van der Waals surface area contributed by atoms with Crippen LogP contribution in [-0.2, 0) is 11.2 Å². The molecule has 0 aliphatic carbocycles. The fraction of sp³-hybridized carbons (Fsp3) is 0.0769. The van der Waals surface area contributed by atoms with Crippen molar-refractivity contribution in [1.82, 2.24) is 4.98 Å². The summed E-state index contributed by atoms with van der Waals surface area (Å²) < 4.78 is 13.6. The number of rotatable bonds is 3. The number of halogens is 2. The molecule has 0 radical (unpaired) electrons. The molecule has 3 nitrogen and oxygen atoms in total. The second-order valence-corrected chi connectivity index (χ2v) is 4.06. The number of carbonyl (C=O) groups is 1. The second kappa shape index (κ2) is 5.14. The maximum absolute atomic E-state index is 13.6. The Kier molecular flexibility index (Phi) is 3.58. The largest absolute Gasteiger partial charge is 0.481 e. The smallest absolute Gasteiger partial charge is 0.307 e. The van der Waals surface area contributed by atoms with E-state index in [-0.39, 0.29) is 22.7 Å². The Balaban J connectivity index is 2.53. The van der Waals surface area contributed by atoms with Gasteiger partial charge in [0.15, 0.2) is 0 Å². The van der Waals surface area contributed by atoms with E-state index in [2.05, 4.69) is 4.98 Å². The van der Waals surface area contributed by atoms with Gasteiger partial charge < -0.3 is 5.11 Å². The Morgan fingerprint density at radius 2 is 2.06 bits per heavy atom. The number of pyridine rings is 1. The second-order valence-electron chi connectivity index (χ2n) is 3.68. The average molecular weight is 266 g/mol. The van der Waals surface area contributed by atoms with Crippen molar-refractivity contribution in [1.29, 1.82) is 0 Å². The lowest BCUT2D eigenvalue weighted by molar-refractivity contribution is -0.136. The zero-order chi connectivity index (χ0) is 13.1. The number of carboxylic acid groups (broad SMARTS) is 1. The molecule has 1 aromatic carbocycles. The molecule has 1 heterocycles. The van der Waals surface area contributed by atoms with Crippen molar-refractivity contribution in [3.63, 3.8) is 0 Å². The maximum Gasteiger partial charge on any atom is 0.307 e. The van der Waals surface area contributed by atoms with E-state index >= 15 is 0 Å². The van der Waals surface area contributed by atoms with Crippen molar-refractivity contribution >= 4 is 17.6 Å². The number of aromatic nitrogens is 1. The molecule has 0 aliphatic rings. The SMILES string of the molecule is O=C(O)Cc1ccnc(-c2ccccc2F)c1Cl. The van der Waals surface area contributed by atoms with E-state index in [4.69, 9.17) is 16.7 Å². The molecule has 5 heteroatoms. The molecule has 0 amide bonds. The topological polar surface area (TPSA) is 50.2 Å². The van der Waals surface area contributed by atoms with Gasteiger partial charge in [-0.05, 0) is 23.8 Å². The summed E-state index contributed by atoms with van der Waals surface area (Å²) in [6.45, 7) is 0. The number of hydrogen-bond acceptors (Lipinski definition) is 2. The van der Waals surface area contributed by atoms with Gasteiger partial charge in [0.05, 0.1) is 17.1 Å². The number of nitrogens with zero attached hydrogens (tertiary/aromatic N) is 1. The highest BCUT2D eigenvalue weighted by atomic mass is 35.5. The van der Waals surface area contributed by atoms with Gasteiger partial charge in [-0.3, -0.25) is 9.78 Å². The summed E-state index contributed by atoms with van der Waals surface area (Å²) in [5, 5.41) is 8.93. The number of benzene rings is 1. The van der Waals surface area contributed by atoms with Gasteiger partial charge in [-0.2, -0.15) is 0 Å². The summed E-state index contributed by atoms with van der Waals surface area (Å²) in [5.74, 6) is -1.44. The van der Waals surface area contributed by atoms with E-state index in [0.29, 0.717) is 5.56 Å². The zero-order valence-corrected chi connectivity index (χ0v) is 9.99. The van der Waals surface area contributed by atoms with Crippen LogP contribution in [0.3, 0.4) is 0 Å². The first-order valence-electron chi connectivity index (χ1n) is 5.19. The van der Waals surface area contributed by atoms with Gasteiger partial charge in [0, 0.05) is 11.8 Å². The summed E-state index contributed by atoms with van der Waals surface area (Å²) in [4.78, 5) is 14.7. The van der Waals surface area contributed by atoms with E-state index in [1.807, 2.05) is 0 Å². The van der Waals surface area contributed by atoms with Gasteiger partial charge >= 0.3 is 5.97 Å². The van der Waals surface area contributed by atoms with Crippen molar-refractivity contribution < 1.29 is 14.3 Å². The molecule has 92 valence electrons. The Hall–Kier alpha value is -1.94. The third kappa shape index (κ3) is 2.49. The molecule has 2 rings (SSSR count). The molecule has 18 heavy (non-hydrogen) atoms. The number of aliphatic carboxylic acids is 1. The van der Waals surface area contributed by atoms with E-state index in [0.717, 1.165) is 0 Å². The van der Waals surface area contributed by atoms with Gasteiger partial charge in [-0.25, -0.2) is 4.39 Å². The lowest BCUT2D eigenvalue weighted by Gasteiger charge is -2.08. The first-order chi connectivity index (χ1) is 8.59. The van der Waals surface area contributed by atoms with Crippen LogP contribution in [0.2, 0.25) is 5.02 Å². The highest BCUT2D eigenvalue weighted by Gasteiger charge is 2.14. The Morgan fingerprint density at radius 3 is 2.72 bits per heavy atom. The van der Waals surface area contributed by atoms with Crippen LogP contribution in [-0.4, -0.2) is 16.1 Å². The summed E-state index contributed by atoms with van der Waals surface area (Å²) >= 11 is 6.07. The molecule has 0 saturated carbocycles. The van der Waals surface area contributed by atoms with Crippen molar-refractivity contribution in [2.24, 2.45) is 0 Å². The molecule has 0 unspecified atom stereocenters. The van der Waals surface area contributed by atoms with Crippen molar-refractivity contribution in [3.8, 4) is 11.3 Å². The third-order valence-electron chi connectivity index (χ3n) is 2.44. The first-order valence-corrected chi connectivity index (χ1v) is 5.57. The van der Waals surface area contributed by atoms with E-state index in [1.54, 1.807) is 18.2 Å². The highest BCUT2D eigenvalue weighted by Crippen LogP contribution is 2.30. The minimum Gasteiger partial charge on any atom is -0.481 e. The lowest BCUT2D eigenvalue weighted by atomic mass is 10.1. The third-order valence-corrected chi connectivity index (χ3v) is 2.86. The number of carboxylic acids is 1. The van der Waals surface area contributed by atoms with Crippen LogP contribution in [0.25, 0.3) is 11.3 Å². The van der Waals surface area contributed by atoms with Crippen LogP contribution in [0.15, 0.2) is 36.5 Å². The molecule has 2 aromatic rings. The van der Waals surface area contributed by atoms with Gasteiger partial charge in [0.25, 0.3) is 0 Å². The summed E-state index contributed by atoms with van der Waals surface area (Å²) in [6.07, 6.45) is 1.20. The van der Waals surface area contributed by atoms with Crippen molar-refractivity contribution in [3.05, 3.63) is 52.9 Å². The van der Waals surface area contributed by atoms with Crippen LogP contribution in [0.5, 0.6) is 0 Å². The van der Waals surface area contributed by atoms with Crippen molar-refractivity contribution in [2.45, 2.75) is 6.42 Å². The molecular weight excluding hydrogens is 257 g/mol. The summed E-state index contributed by atoms with van der Waals surface area (Å²) in [6, 6.07) is 7.60.